The van der Waals surface area contributed by atoms with Crippen LogP contribution < -0.4 is 4.74 Å². The summed E-state index contributed by atoms with van der Waals surface area (Å²) in [6.07, 6.45) is 1.14. The second-order valence-corrected chi connectivity index (χ2v) is 4.44. The van der Waals surface area contributed by atoms with Crippen molar-refractivity contribution >= 4 is 5.78 Å². The zero-order valence-corrected chi connectivity index (χ0v) is 10.7. The fourth-order valence-corrected chi connectivity index (χ4v) is 1.28. The Labute approximate surface area is 102 Å². The van der Waals surface area contributed by atoms with E-state index < -0.39 is 5.60 Å². The zero-order valence-electron chi connectivity index (χ0n) is 10.7. The molecule has 0 saturated heterocycles. The number of Topliss-reactive ketones (excluding diaryl/α,β-unsaturated/α-hetero) is 1. The van der Waals surface area contributed by atoms with Crippen molar-refractivity contribution in [2.24, 2.45) is 0 Å². The smallest absolute Gasteiger partial charge is 0.162 e. The highest BCUT2D eigenvalue weighted by Crippen LogP contribution is 2.16. The van der Waals surface area contributed by atoms with Gasteiger partial charge in [0.1, 0.15) is 12.4 Å². The van der Waals surface area contributed by atoms with Crippen molar-refractivity contribution in [2.75, 3.05) is 6.61 Å². The molecule has 0 bridgehead atoms. The van der Waals surface area contributed by atoms with Crippen molar-refractivity contribution in [1.29, 1.82) is 0 Å². The third-order valence-corrected chi connectivity index (χ3v) is 2.81. The molecule has 17 heavy (non-hydrogen) atoms. The Kier molecular flexibility index (Phi) is 4.70. The van der Waals surface area contributed by atoms with E-state index in [0.29, 0.717) is 24.2 Å². The summed E-state index contributed by atoms with van der Waals surface area (Å²) in [5, 5.41) is 9.79. The number of ketones is 1. The summed E-state index contributed by atoms with van der Waals surface area (Å²) >= 11 is 0. The molecule has 0 aliphatic carbocycles. The maximum absolute atomic E-state index is 11.4. The van der Waals surface area contributed by atoms with Crippen LogP contribution >= 0.6 is 0 Å². The van der Waals surface area contributed by atoms with Gasteiger partial charge in [-0.25, -0.2) is 0 Å². The number of hydrogen-bond acceptors (Lipinski definition) is 3. The summed E-state index contributed by atoms with van der Waals surface area (Å²) in [7, 11) is 0. The molecule has 0 heterocycles. The van der Waals surface area contributed by atoms with Crippen molar-refractivity contribution in [1.82, 2.24) is 0 Å². The topological polar surface area (TPSA) is 46.5 Å². The van der Waals surface area contributed by atoms with Crippen LogP contribution in [0.25, 0.3) is 0 Å². The summed E-state index contributed by atoms with van der Waals surface area (Å²) in [6.45, 7) is 5.74. The van der Waals surface area contributed by atoms with E-state index in [0.717, 1.165) is 0 Å². The van der Waals surface area contributed by atoms with E-state index in [1.807, 2.05) is 13.8 Å². The van der Waals surface area contributed by atoms with Crippen LogP contribution in [0.15, 0.2) is 24.3 Å². The molecule has 1 N–H and O–H groups in total. The molecule has 3 nitrogen and oxygen atoms in total. The number of aliphatic hydroxyl groups is 1. The van der Waals surface area contributed by atoms with E-state index in [9.17, 15) is 9.90 Å². The largest absolute Gasteiger partial charge is 0.491 e. The minimum Gasteiger partial charge on any atom is -0.491 e. The van der Waals surface area contributed by atoms with Gasteiger partial charge >= 0.3 is 0 Å². The molecule has 1 atom stereocenters. The van der Waals surface area contributed by atoms with E-state index >= 15 is 0 Å². The monoisotopic (exact) mass is 236 g/mol. The summed E-state index contributed by atoms with van der Waals surface area (Å²) in [6, 6.07) is 7.02. The minimum atomic E-state index is -0.808. The lowest BCUT2D eigenvalue weighted by Crippen LogP contribution is -2.31. The molecular weight excluding hydrogens is 216 g/mol. The van der Waals surface area contributed by atoms with Gasteiger partial charge in [-0.2, -0.15) is 0 Å². The van der Waals surface area contributed by atoms with Gasteiger partial charge in [-0.3, -0.25) is 4.79 Å². The fourth-order valence-electron chi connectivity index (χ4n) is 1.28. The Bertz CT molecular complexity index is 366. The molecule has 1 unspecified atom stereocenters. The Morgan fingerprint density at radius 1 is 1.29 bits per heavy atom. The van der Waals surface area contributed by atoms with Crippen LogP contribution in [0.5, 0.6) is 5.75 Å². The summed E-state index contributed by atoms with van der Waals surface area (Å²) in [5.41, 5.74) is -0.111. The van der Waals surface area contributed by atoms with Gasteiger partial charge in [-0.1, -0.05) is 13.8 Å². The number of carbonyl (C=O) groups excluding carboxylic acids is 1. The average Bonchev–Trinajstić information content (AvgIpc) is 2.36. The van der Waals surface area contributed by atoms with Crippen molar-refractivity contribution in [3.63, 3.8) is 0 Å². The summed E-state index contributed by atoms with van der Waals surface area (Å²) < 4.78 is 5.47. The van der Waals surface area contributed by atoms with Crippen LogP contribution in [0.2, 0.25) is 0 Å². The Balaban J connectivity index is 2.60. The standard InChI is InChI=1S/C14H20O3/c1-4-13(15)11-6-8-12(9-7-11)17-10-14(3,16)5-2/h6-9,16H,4-5,10H2,1-3H3. The molecule has 1 aromatic carbocycles. The molecule has 94 valence electrons. The van der Waals surface area contributed by atoms with Crippen LogP contribution in [0.4, 0.5) is 0 Å². The fraction of sp³-hybridized carbons (Fsp3) is 0.500. The highest BCUT2D eigenvalue weighted by molar-refractivity contribution is 5.95. The average molecular weight is 236 g/mol. The number of carbonyl (C=O) groups is 1. The molecule has 1 rings (SSSR count). The number of ether oxygens (including phenoxy) is 1. The van der Waals surface area contributed by atoms with Gasteiger partial charge < -0.3 is 9.84 Å². The first-order chi connectivity index (χ1) is 7.98. The van der Waals surface area contributed by atoms with Gasteiger partial charge in [0.25, 0.3) is 0 Å². The van der Waals surface area contributed by atoms with Crippen molar-refractivity contribution in [3.05, 3.63) is 29.8 Å². The molecule has 0 aliphatic heterocycles. The van der Waals surface area contributed by atoms with E-state index in [2.05, 4.69) is 0 Å². The van der Waals surface area contributed by atoms with E-state index in [1.54, 1.807) is 31.2 Å². The van der Waals surface area contributed by atoms with Crippen molar-refractivity contribution in [3.8, 4) is 5.75 Å². The first-order valence-corrected chi connectivity index (χ1v) is 5.97. The van der Waals surface area contributed by atoms with Crippen LogP contribution in [-0.2, 0) is 0 Å². The maximum atomic E-state index is 11.4. The first-order valence-electron chi connectivity index (χ1n) is 5.97. The lowest BCUT2D eigenvalue weighted by atomic mass is 10.1. The molecule has 3 heteroatoms. The first kappa shape index (κ1) is 13.7. The van der Waals surface area contributed by atoms with Crippen molar-refractivity contribution < 1.29 is 14.6 Å². The number of benzene rings is 1. The van der Waals surface area contributed by atoms with Crippen molar-refractivity contribution in [2.45, 2.75) is 39.2 Å². The van der Waals surface area contributed by atoms with E-state index in [1.165, 1.54) is 0 Å². The zero-order chi connectivity index (χ0) is 12.9. The van der Waals surface area contributed by atoms with Gasteiger partial charge in [0.05, 0.1) is 5.60 Å². The quantitative estimate of drug-likeness (QED) is 0.772. The van der Waals surface area contributed by atoms with E-state index in [4.69, 9.17) is 4.74 Å². The Hall–Kier alpha value is -1.35. The Morgan fingerprint density at radius 2 is 1.88 bits per heavy atom. The van der Waals surface area contributed by atoms with Crippen LogP contribution in [-0.4, -0.2) is 23.1 Å². The molecule has 1 aromatic rings. The van der Waals surface area contributed by atoms with E-state index in [-0.39, 0.29) is 12.4 Å². The lowest BCUT2D eigenvalue weighted by Gasteiger charge is -2.21. The van der Waals surface area contributed by atoms with Gasteiger partial charge in [0.15, 0.2) is 5.78 Å². The number of rotatable bonds is 6. The molecule has 0 radical (unpaired) electrons. The van der Waals surface area contributed by atoms with Crippen LogP contribution in [0.3, 0.4) is 0 Å². The summed E-state index contributed by atoms with van der Waals surface area (Å²) in [5.74, 6) is 0.795. The highest BCUT2D eigenvalue weighted by atomic mass is 16.5. The summed E-state index contributed by atoms with van der Waals surface area (Å²) in [4.78, 5) is 11.4. The normalized spacial score (nSPS) is 14.1. The molecule has 0 aromatic heterocycles. The SMILES string of the molecule is CCC(=O)c1ccc(OCC(C)(O)CC)cc1. The second-order valence-electron chi connectivity index (χ2n) is 4.44. The van der Waals surface area contributed by atoms with Crippen LogP contribution in [0, 0.1) is 0 Å². The molecule has 0 aliphatic rings. The second kappa shape index (κ2) is 5.82. The Morgan fingerprint density at radius 3 is 2.35 bits per heavy atom. The molecule has 0 amide bonds. The molecule has 0 spiro atoms. The highest BCUT2D eigenvalue weighted by Gasteiger charge is 2.18. The molecule has 0 fully saturated rings. The van der Waals surface area contributed by atoms with Gasteiger partial charge in [0.2, 0.25) is 0 Å². The number of hydrogen-bond donors (Lipinski definition) is 1. The molecular formula is C14H20O3. The predicted octanol–water partition coefficient (Wildman–Crippen LogP) is 2.82. The lowest BCUT2D eigenvalue weighted by molar-refractivity contribution is 0.00846. The predicted molar refractivity (Wildman–Crippen MR) is 67.5 cm³/mol. The van der Waals surface area contributed by atoms with Gasteiger partial charge in [-0.05, 0) is 37.6 Å². The molecule has 0 saturated carbocycles. The third-order valence-electron chi connectivity index (χ3n) is 2.81. The van der Waals surface area contributed by atoms with Gasteiger partial charge in [0, 0.05) is 12.0 Å². The van der Waals surface area contributed by atoms with Gasteiger partial charge in [-0.15, -0.1) is 0 Å². The maximum Gasteiger partial charge on any atom is 0.162 e. The van der Waals surface area contributed by atoms with Crippen LogP contribution in [0.1, 0.15) is 44.0 Å². The minimum absolute atomic E-state index is 0.122. The third kappa shape index (κ3) is 4.19.